The smallest absolute Gasteiger partial charge is 0.406 e. The minimum atomic E-state index is -4.41. The van der Waals surface area contributed by atoms with E-state index in [1.807, 2.05) is 30.3 Å². The monoisotopic (exact) mass is 435 g/mol. The highest BCUT2D eigenvalue weighted by Gasteiger charge is 2.31. The first-order valence-corrected chi connectivity index (χ1v) is 10.2. The van der Waals surface area contributed by atoms with E-state index < -0.39 is 12.7 Å². The number of carbonyl (C=O) groups excluding carboxylic acids is 1. The molecule has 0 spiro atoms. The lowest BCUT2D eigenvalue weighted by Gasteiger charge is -2.14. The molecule has 1 amide bonds. The first kappa shape index (κ1) is 21.8. The fraction of sp³-hybridized carbons (Fsp3) is 0.238. The maximum absolute atomic E-state index is 13.1. The van der Waals surface area contributed by atoms with E-state index in [1.54, 1.807) is 30.3 Å². The van der Waals surface area contributed by atoms with Crippen LogP contribution in [0.25, 0.3) is 11.3 Å². The molecule has 0 bridgehead atoms. The average Bonchev–Trinajstić information content (AvgIpc) is 3.12. The quantitative estimate of drug-likeness (QED) is 0.400. The Hall–Kier alpha value is -2.94. The van der Waals surface area contributed by atoms with Crippen molar-refractivity contribution in [3.8, 4) is 17.0 Å². The third kappa shape index (κ3) is 6.55. The summed E-state index contributed by atoms with van der Waals surface area (Å²) in [7, 11) is 0. The number of nitrogens with one attached hydrogen (secondary N) is 1. The number of ether oxygens (including phenoxy) is 1. The maximum Gasteiger partial charge on any atom is 0.406 e. The maximum atomic E-state index is 13.1. The number of hydrogen-bond acceptors (Lipinski definition) is 4. The third-order valence-electron chi connectivity index (χ3n) is 3.99. The van der Waals surface area contributed by atoms with Crippen molar-refractivity contribution in [2.75, 3.05) is 18.9 Å². The second kappa shape index (κ2) is 10.2. The topological polar surface area (TPSA) is 56.2 Å². The van der Waals surface area contributed by atoms with Gasteiger partial charge in [0.25, 0.3) is 0 Å². The second-order valence-electron chi connectivity index (χ2n) is 6.29. The molecule has 3 aromatic rings. The molecule has 30 heavy (non-hydrogen) atoms. The van der Waals surface area contributed by atoms with Crippen molar-refractivity contribution >= 4 is 17.7 Å². The summed E-state index contributed by atoms with van der Waals surface area (Å²) in [5.74, 6) is 0.345. The Bertz CT molecular complexity index is 947. The Labute approximate surface area is 176 Å². The zero-order valence-electron chi connectivity index (χ0n) is 15.9. The van der Waals surface area contributed by atoms with Crippen LogP contribution in [-0.2, 0) is 11.3 Å². The molecule has 0 fully saturated rings. The second-order valence-corrected chi connectivity index (χ2v) is 7.24. The first-order chi connectivity index (χ1) is 14.4. The number of alkyl halides is 3. The van der Waals surface area contributed by atoms with Crippen molar-refractivity contribution in [3.05, 3.63) is 66.9 Å². The Morgan fingerprint density at radius 2 is 1.73 bits per heavy atom. The molecule has 3 rings (SSSR count). The van der Waals surface area contributed by atoms with Gasteiger partial charge in [0.1, 0.15) is 18.9 Å². The van der Waals surface area contributed by atoms with Gasteiger partial charge in [0, 0.05) is 0 Å². The fourth-order valence-electron chi connectivity index (χ4n) is 2.70. The van der Waals surface area contributed by atoms with E-state index in [2.05, 4.69) is 10.3 Å². The van der Waals surface area contributed by atoms with Crippen molar-refractivity contribution in [3.63, 3.8) is 0 Å². The fourth-order valence-corrected chi connectivity index (χ4v) is 3.51. The molecule has 5 nitrogen and oxygen atoms in total. The van der Waals surface area contributed by atoms with Gasteiger partial charge in [-0.25, -0.2) is 4.98 Å². The number of aromatic nitrogens is 2. The van der Waals surface area contributed by atoms with Crippen LogP contribution in [0.2, 0.25) is 0 Å². The molecule has 1 N–H and O–H groups in total. The Kier molecular flexibility index (Phi) is 7.40. The number of hydrogen-bond donors (Lipinski definition) is 1. The van der Waals surface area contributed by atoms with E-state index in [1.165, 1.54) is 6.20 Å². The van der Waals surface area contributed by atoms with E-state index in [-0.39, 0.29) is 16.8 Å². The highest BCUT2D eigenvalue weighted by atomic mass is 32.2. The standard InChI is InChI=1S/C21H20F3N3O2S/c22-21(23,24)15-27-18(16-7-3-1-4-8-16)13-26-20(27)30-14-19(28)25-11-12-29-17-9-5-2-6-10-17/h1-10,13H,11-12,14-15H2,(H,25,28). The van der Waals surface area contributed by atoms with Gasteiger partial charge < -0.3 is 14.6 Å². The number of halogens is 3. The van der Waals surface area contributed by atoms with E-state index >= 15 is 0 Å². The molecule has 1 aromatic heterocycles. The molecule has 1 heterocycles. The summed E-state index contributed by atoms with van der Waals surface area (Å²) in [6.07, 6.45) is -3.01. The Morgan fingerprint density at radius 1 is 1.07 bits per heavy atom. The van der Waals surface area contributed by atoms with Crippen LogP contribution >= 0.6 is 11.8 Å². The summed E-state index contributed by atoms with van der Waals surface area (Å²) in [6.45, 7) is -0.589. The van der Waals surface area contributed by atoms with Gasteiger partial charge in [0.2, 0.25) is 5.91 Å². The lowest BCUT2D eigenvalue weighted by molar-refractivity contribution is -0.141. The predicted octanol–water partition coefficient (Wildman–Crippen LogP) is 4.40. The van der Waals surface area contributed by atoms with E-state index in [0.29, 0.717) is 30.2 Å². The van der Waals surface area contributed by atoms with Crippen molar-refractivity contribution in [2.24, 2.45) is 0 Å². The van der Waals surface area contributed by atoms with Crippen LogP contribution in [0.15, 0.2) is 72.0 Å². The van der Waals surface area contributed by atoms with Gasteiger partial charge in [-0.2, -0.15) is 13.2 Å². The Balaban J connectivity index is 1.56. The van der Waals surface area contributed by atoms with E-state index in [9.17, 15) is 18.0 Å². The van der Waals surface area contributed by atoms with Gasteiger partial charge in [-0.15, -0.1) is 0 Å². The summed E-state index contributed by atoms with van der Waals surface area (Å²) in [5.41, 5.74) is 0.982. The van der Waals surface area contributed by atoms with Gasteiger partial charge in [-0.05, 0) is 17.7 Å². The number of imidazole rings is 1. The zero-order valence-corrected chi connectivity index (χ0v) is 16.7. The number of amides is 1. The average molecular weight is 435 g/mol. The van der Waals surface area contributed by atoms with Gasteiger partial charge in [0.15, 0.2) is 5.16 Å². The number of rotatable bonds is 9. The third-order valence-corrected chi connectivity index (χ3v) is 4.98. The van der Waals surface area contributed by atoms with E-state index in [4.69, 9.17) is 4.74 Å². The SMILES string of the molecule is O=C(CSc1ncc(-c2ccccc2)n1CC(F)(F)F)NCCOc1ccccc1. The lowest BCUT2D eigenvalue weighted by atomic mass is 10.2. The summed E-state index contributed by atoms with van der Waals surface area (Å²) in [4.78, 5) is 16.2. The molecular formula is C21H20F3N3O2S. The van der Waals surface area contributed by atoms with Crippen molar-refractivity contribution < 1.29 is 22.7 Å². The van der Waals surface area contributed by atoms with Gasteiger partial charge >= 0.3 is 6.18 Å². The van der Waals surface area contributed by atoms with Crippen LogP contribution in [0.3, 0.4) is 0 Å². The molecule has 158 valence electrons. The molecule has 0 saturated heterocycles. The van der Waals surface area contributed by atoms with Crippen LogP contribution in [0, 0.1) is 0 Å². The van der Waals surface area contributed by atoms with Crippen LogP contribution in [0.4, 0.5) is 13.2 Å². The molecule has 2 aromatic carbocycles. The minimum Gasteiger partial charge on any atom is -0.492 e. The summed E-state index contributed by atoms with van der Waals surface area (Å²) >= 11 is 0.965. The summed E-state index contributed by atoms with van der Waals surface area (Å²) < 4.78 is 45.8. The molecule has 9 heteroatoms. The van der Waals surface area contributed by atoms with Crippen LogP contribution in [0.5, 0.6) is 5.75 Å². The molecular weight excluding hydrogens is 415 g/mol. The number of benzene rings is 2. The number of nitrogens with zero attached hydrogens (tertiary/aromatic N) is 2. The Morgan fingerprint density at radius 3 is 2.40 bits per heavy atom. The minimum absolute atomic E-state index is 0.0472. The largest absolute Gasteiger partial charge is 0.492 e. The summed E-state index contributed by atoms with van der Waals surface area (Å²) in [6, 6.07) is 17.9. The number of para-hydroxylation sites is 1. The lowest BCUT2D eigenvalue weighted by Crippen LogP contribution is -2.29. The van der Waals surface area contributed by atoms with Gasteiger partial charge in [-0.1, -0.05) is 60.3 Å². The predicted molar refractivity (Wildman–Crippen MR) is 109 cm³/mol. The first-order valence-electron chi connectivity index (χ1n) is 9.17. The van der Waals surface area contributed by atoms with Crippen molar-refractivity contribution in [1.82, 2.24) is 14.9 Å². The van der Waals surface area contributed by atoms with Crippen LogP contribution in [-0.4, -0.2) is 40.5 Å². The normalized spacial score (nSPS) is 11.3. The number of carbonyl (C=O) groups is 1. The van der Waals surface area contributed by atoms with Crippen LogP contribution < -0.4 is 10.1 Å². The molecule has 0 saturated carbocycles. The number of thioether (sulfide) groups is 1. The van der Waals surface area contributed by atoms with Gasteiger partial charge in [-0.3, -0.25) is 4.79 Å². The molecule has 0 radical (unpaired) electrons. The highest BCUT2D eigenvalue weighted by molar-refractivity contribution is 7.99. The summed E-state index contributed by atoms with van der Waals surface area (Å²) in [5, 5.41) is 2.83. The molecule has 0 aliphatic carbocycles. The van der Waals surface area contributed by atoms with E-state index in [0.717, 1.165) is 16.3 Å². The van der Waals surface area contributed by atoms with Crippen molar-refractivity contribution in [2.45, 2.75) is 17.9 Å². The molecule has 0 unspecified atom stereocenters. The molecule has 0 aliphatic heterocycles. The van der Waals surface area contributed by atoms with Crippen molar-refractivity contribution in [1.29, 1.82) is 0 Å². The highest BCUT2D eigenvalue weighted by Crippen LogP contribution is 2.29. The molecule has 0 aliphatic rings. The van der Waals surface area contributed by atoms with Gasteiger partial charge in [0.05, 0.1) is 24.2 Å². The molecule has 0 atom stereocenters. The zero-order chi connectivity index (χ0) is 21.4. The van der Waals surface area contributed by atoms with Crippen LogP contribution in [0.1, 0.15) is 0 Å².